The van der Waals surface area contributed by atoms with Crippen LogP contribution in [0.2, 0.25) is 0 Å². The van der Waals surface area contributed by atoms with Crippen LogP contribution in [0.15, 0.2) is 12.3 Å². The Hall–Kier alpha value is -1.94. The molecule has 2 N–H and O–H groups in total. The molecule has 10 heteroatoms. The van der Waals surface area contributed by atoms with Crippen LogP contribution in [0.1, 0.15) is 12.1 Å². The number of amides is 1. The number of likely N-dealkylation sites (N-methyl/N-ethyl adjacent to an activating group) is 1. The highest BCUT2D eigenvalue weighted by molar-refractivity contribution is 5.82. The molecule has 0 saturated carbocycles. The second-order valence-electron chi connectivity index (χ2n) is 5.53. The lowest BCUT2D eigenvalue weighted by molar-refractivity contribution is -0.141. The van der Waals surface area contributed by atoms with Crippen molar-refractivity contribution in [1.29, 1.82) is 0 Å². The van der Waals surface area contributed by atoms with Crippen molar-refractivity contribution in [3.05, 3.63) is 18.0 Å². The second-order valence-corrected chi connectivity index (χ2v) is 5.53. The summed E-state index contributed by atoms with van der Waals surface area (Å²) in [6.07, 6.45) is -2.83. The van der Waals surface area contributed by atoms with Crippen LogP contribution < -0.4 is 10.6 Å². The lowest BCUT2D eigenvalue weighted by Gasteiger charge is -2.18. The van der Waals surface area contributed by atoms with E-state index in [0.29, 0.717) is 13.0 Å². The number of methoxy groups -OCH3 is 1. The number of nitrogens with one attached hydrogen (secondary N) is 2. The van der Waals surface area contributed by atoms with Crippen molar-refractivity contribution < 1.29 is 22.7 Å². The normalized spacial score (nSPS) is 21.7. The van der Waals surface area contributed by atoms with Crippen LogP contribution in [0.5, 0.6) is 0 Å². The van der Waals surface area contributed by atoms with Gasteiger partial charge in [0.2, 0.25) is 11.9 Å². The predicted octanol–water partition coefficient (Wildman–Crippen LogP) is 0.743. The van der Waals surface area contributed by atoms with Gasteiger partial charge in [-0.3, -0.25) is 9.69 Å². The largest absolute Gasteiger partial charge is 0.433 e. The number of hydrogen-bond acceptors (Lipinski definition) is 6. The Morgan fingerprint density at radius 3 is 2.83 bits per heavy atom. The van der Waals surface area contributed by atoms with Crippen LogP contribution >= 0.6 is 0 Å². The molecule has 1 aliphatic heterocycles. The van der Waals surface area contributed by atoms with Gasteiger partial charge < -0.3 is 15.4 Å². The van der Waals surface area contributed by atoms with Crippen molar-refractivity contribution in [2.75, 3.05) is 39.1 Å². The zero-order valence-electron chi connectivity index (χ0n) is 13.4. The molecule has 1 amide bonds. The van der Waals surface area contributed by atoms with E-state index in [9.17, 15) is 18.0 Å². The molecule has 0 bridgehead atoms. The maximum Gasteiger partial charge on any atom is 0.433 e. The summed E-state index contributed by atoms with van der Waals surface area (Å²) in [6, 6.07) is 0.537. The summed E-state index contributed by atoms with van der Waals surface area (Å²) < 4.78 is 42.9. The fraction of sp³-hybridized carbons (Fsp3) is 0.643. The van der Waals surface area contributed by atoms with E-state index in [0.717, 1.165) is 12.3 Å². The number of carbonyl (C=O) groups excluding carboxylic acids is 1. The second kappa shape index (κ2) is 7.75. The van der Waals surface area contributed by atoms with E-state index in [2.05, 4.69) is 20.6 Å². The lowest BCUT2D eigenvalue weighted by Crippen LogP contribution is -2.42. The third kappa shape index (κ3) is 4.78. The topological polar surface area (TPSA) is 79.4 Å². The van der Waals surface area contributed by atoms with Gasteiger partial charge in [0.1, 0.15) is 5.69 Å². The standard InChI is InChI=1S/C14H20F3N5O2/c1-22-8-9(24-2)7-10(22)12(23)18-5-6-20-13-19-4-3-11(21-13)14(15,16)17/h3-4,9-10H,5-8H2,1-2H3,(H,18,23)(H,19,20,21)/t9-,10-/m0/s1. The van der Waals surface area contributed by atoms with Gasteiger partial charge in [0.15, 0.2) is 0 Å². The van der Waals surface area contributed by atoms with Crippen LogP contribution in [0, 0.1) is 0 Å². The number of ether oxygens (including phenoxy) is 1. The third-order valence-corrected chi connectivity index (χ3v) is 3.80. The number of nitrogens with zero attached hydrogens (tertiary/aromatic N) is 3. The summed E-state index contributed by atoms with van der Waals surface area (Å²) in [5.74, 6) is -0.264. The first kappa shape index (κ1) is 18.4. The highest BCUT2D eigenvalue weighted by Crippen LogP contribution is 2.27. The first-order valence-electron chi connectivity index (χ1n) is 7.46. The van der Waals surface area contributed by atoms with Gasteiger partial charge in [0, 0.05) is 32.9 Å². The molecule has 1 saturated heterocycles. The van der Waals surface area contributed by atoms with Crippen molar-refractivity contribution in [2.45, 2.75) is 24.7 Å². The van der Waals surface area contributed by atoms with E-state index in [1.807, 2.05) is 11.9 Å². The molecule has 1 aromatic heterocycles. The molecule has 1 fully saturated rings. The number of halogens is 3. The van der Waals surface area contributed by atoms with Crippen LogP contribution in [-0.4, -0.2) is 66.7 Å². The van der Waals surface area contributed by atoms with Gasteiger partial charge >= 0.3 is 6.18 Å². The first-order valence-corrected chi connectivity index (χ1v) is 7.46. The number of hydrogen-bond donors (Lipinski definition) is 2. The van der Waals surface area contributed by atoms with Crippen molar-refractivity contribution >= 4 is 11.9 Å². The van der Waals surface area contributed by atoms with Gasteiger partial charge in [0.05, 0.1) is 12.1 Å². The Labute approximate surface area is 137 Å². The molecule has 1 aliphatic rings. The maximum absolute atomic E-state index is 12.5. The van der Waals surface area contributed by atoms with E-state index in [1.54, 1.807) is 7.11 Å². The summed E-state index contributed by atoms with van der Waals surface area (Å²) in [4.78, 5) is 21.1. The van der Waals surface area contributed by atoms with Crippen molar-refractivity contribution in [3.63, 3.8) is 0 Å². The Kier molecular flexibility index (Phi) is 5.94. The van der Waals surface area contributed by atoms with Crippen molar-refractivity contribution in [1.82, 2.24) is 20.2 Å². The summed E-state index contributed by atoms with van der Waals surface area (Å²) in [7, 11) is 3.45. The summed E-state index contributed by atoms with van der Waals surface area (Å²) in [6.45, 7) is 1.16. The van der Waals surface area contributed by atoms with Crippen LogP contribution in [0.4, 0.5) is 19.1 Å². The van der Waals surface area contributed by atoms with Crippen molar-refractivity contribution in [2.24, 2.45) is 0 Å². The highest BCUT2D eigenvalue weighted by Gasteiger charge is 2.34. The fourth-order valence-corrected chi connectivity index (χ4v) is 2.51. The zero-order chi connectivity index (χ0) is 17.7. The number of carbonyl (C=O) groups is 1. The molecule has 1 aromatic rings. The quantitative estimate of drug-likeness (QED) is 0.739. The molecule has 134 valence electrons. The average molecular weight is 347 g/mol. The number of anilines is 1. The van der Waals surface area contributed by atoms with Gasteiger partial charge in [0.25, 0.3) is 0 Å². The first-order chi connectivity index (χ1) is 11.3. The predicted molar refractivity (Wildman–Crippen MR) is 80.4 cm³/mol. The van der Waals surface area contributed by atoms with Crippen molar-refractivity contribution in [3.8, 4) is 0 Å². The molecular weight excluding hydrogens is 327 g/mol. The summed E-state index contributed by atoms with van der Waals surface area (Å²) in [5.41, 5.74) is -1.01. The number of rotatable bonds is 6. The number of alkyl halides is 3. The van der Waals surface area contributed by atoms with E-state index in [-0.39, 0.29) is 37.1 Å². The minimum Gasteiger partial charge on any atom is -0.380 e. The van der Waals surface area contributed by atoms with Crippen LogP contribution in [-0.2, 0) is 15.7 Å². The average Bonchev–Trinajstić information content (AvgIpc) is 2.92. The van der Waals surface area contributed by atoms with Crippen LogP contribution in [0.25, 0.3) is 0 Å². The SMILES string of the molecule is CO[C@H]1C[C@@H](C(=O)NCCNc2nccc(C(F)(F)F)n2)N(C)C1. The van der Waals surface area contributed by atoms with E-state index < -0.39 is 11.9 Å². The molecule has 2 heterocycles. The van der Waals surface area contributed by atoms with Gasteiger partial charge in [-0.15, -0.1) is 0 Å². The number of likely N-dealkylation sites (tertiary alicyclic amines) is 1. The number of aromatic nitrogens is 2. The molecule has 0 spiro atoms. The molecule has 0 aromatic carbocycles. The van der Waals surface area contributed by atoms with E-state index >= 15 is 0 Å². The summed E-state index contributed by atoms with van der Waals surface area (Å²) in [5, 5.41) is 5.40. The Bertz CT molecular complexity index is 570. The Balaban J connectivity index is 1.76. The third-order valence-electron chi connectivity index (χ3n) is 3.80. The molecule has 0 radical (unpaired) electrons. The summed E-state index contributed by atoms with van der Waals surface area (Å²) >= 11 is 0. The Morgan fingerprint density at radius 2 is 2.21 bits per heavy atom. The molecule has 2 rings (SSSR count). The molecule has 7 nitrogen and oxygen atoms in total. The molecule has 0 aliphatic carbocycles. The van der Waals surface area contributed by atoms with Gasteiger partial charge in [-0.05, 0) is 19.5 Å². The van der Waals surface area contributed by atoms with Gasteiger partial charge in [-0.1, -0.05) is 0 Å². The Morgan fingerprint density at radius 1 is 1.46 bits per heavy atom. The monoisotopic (exact) mass is 347 g/mol. The highest BCUT2D eigenvalue weighted by atomic mass is 19.4. The van der Waals surface area contributed by atoms with E-state index in [1.165, 1.54) is 0 Å². The molecule has 0 unspecified atom stereocenters. The smallest absolute Gasteiger partial charge is 0.380 e. The molecular formula is C14H20F3N5O2. The van der Waals surface area contributed by atoms with Gasteiger partial charge in [-0.25, -0.2) is 9.97 Å². The molecule has 2 atom stereocenters. The lowest BCUT2D eigenvalue weighted by atomic mass is 10.2. The zero-order valence-corrected chi connectivity index (χ0v) is 13.4. The molecule has 24 heavy (non-hydrogen) atoms. The fourth-order valence-electron chi connectivity index (χ4n) is 2.51. The minimum atomic E-state index is -4.52. The minimum absolute atomic E-state index is 0.0300. The van der Waals surface area contributed by atoms with Gasteiger partial charge in [-0.2, -0.15) is 13.2 Å². The van der Waals surface area contributed by atoms with Crippen LogP contribution in [0.3, 0.4) is 0 Å². The van der Waals surface area contributed by atoms with E-state index in [4.69, 9.17) is 4.74 Å². The maximum atomic E-state index is 12.5.